The van der Waals surface area contributed by atoms with E-state index in [1.807, 2.05) is 0 Å². The van der Waals surface area contributed by atoms with Crippen LogP contribution < -0.4 is 0 Å². The van der Waals surface area contributed by atoms with Crippen LogP contribution in [0.5, 0.6) is 0 Å². The molecule has 25 heavy (non-hydrogen) atoms. The minimum atomic E-state index is 0.583. The molecule has 0 N–H and O–H groups in total. The van der Waals surface area contributed by atoms with Crippen molar-refractivity contribution in [1.29, 1.82) is 0 Å². The fourth-order valence-corrected chi connectivity index (χ4v) is 6.06. The van der Waals surface area contributed by atoms with Crippen LogP contribution in [0.15, 0.2) is 12.7 Å². The van der Waals surface area contributed by atoms with Gasteiger partial charge >= 0.3 is 0 Å². The molecule has 0 bridgehead atoms. The van der Waals surface area contributed by atoms with Crippen molar-refractivity contribution >= 4 is 0 Å². The maximum absolute atomic E-state index is 6.07. The molecule has 0 aliphatic heterocycles. The Balaban J connectivity index is 1.34. The standard InChI is InChI=1S/C24H42O/c1-3-5-18-25-24-16-14-23(15-17-24)22-12-10-21(11-13-22)20-8-6-19(4-2)7-9-20/h4,19-24H,2-3,5-18H2,1H3. The fraction of sp³-hybridized carbons (Fsp3) is 0.917. The predicted molar refractivity (Wildman–Crippen MR) is 108 cm³/mol. The van der Waals surface area contributed by atoms with Crippen LogP contribution in [0.1, 0.15) is 96.8 Å². The topological polar surface area (TPSA) is 9.23 Å². The van der Waals surface area contributed by atoms with Gasteiger partial charge in [-0.05, 0) is 113 Å². The number of ether oxygens (including phenoxy) is 1. The Kier molecular flexibility index (Phi) is 7.90. The van der Waals surface area contributed by atoms with Gasteiger partial charge in [0.15, 0.2) is 0 Å². The first-order valence-electron chi connectivity index (χ1n) is 11.5. The third-order valence-corrected chi connectivity index (χ3v) is 7.87. The summed E-state index contributed by atoms with van der Waals surface area (Å²) >= 11 is 0. The lowest BCUT2D eigenvalue weighted by atomic mass is 9.65. The van der Waals surface area contributed by atoms with E-state index in [9.17, 15) is 0 Å². The van der Waals surface area contributed by atoms with Crippen LogP contribution in [0.4, 0.5) is 0 Å². The van der Waals surface area contributed by atoms with E-state index in [2.05, 4.69) is 19.6 Å². The normalized spacial score (nSPS) is 39.9. The number of unbranched alkanes of at least 4 members (excludes halogenated alkanes) is 1. The molecule has 3 saturated carbocycles. The third kappa shape index (κ3) is 5.59. The van der Waals surface area contributed by atoms with Crippen molar-refractivity contribution in [2.75, 3.05) is 6.61 Å². The molecule has 144 valence electrons. The second kappa shape index (κ2) is 10.1. The summed E-state index contributed by atoms with van der Waals surface area (Å²) in [6.45, 7) is 7.24. The van der Waals surface area contributed by atoms with E-state index in [0.717, 1.165) is 36.2 Å². The van der Waals surface area contributed by atoms with E-state index >= 15 is 0 Å². The summed E-state index contributed by atoms with van der Waals surface area (Å²) in [7, 11) is 0. The highest BCUT2D eigenvalue weighted by Gasteiger charge is 2.34. The Hall–Kier alpha value is -0.300. The van der Waals surface area contributed by atoms with E-state index in [4.69, 9.17) is 4.74 Å². The van der Waals surface area contributed by atoms with Gasteiger partial charge in [0.1, 0.15) is 0 Å². The van der Waals surface area contributed by atoms with Gasteiger partial charge in [0.05, 0.1) is 6.10 Å². The van der Waals surface area contributed by atoms with Gasteiger partial charge < -0.3 is 4.74 Å². The molecule has 0 amide bonds. The van der Waals surface area contributed by atoms with Crippen molar-refractivity contribution in [2.24, 2.45) is 29.6 Å². The van der Waals surface area contributed by atoms with Crippen molar-refractivity contribution in [3.05, 3.63) is 12.7 Å². The lowest BCUT2D eigenvalue weighted by Gasteiger charge is -2.41. The minimum Gasteiger partial charge on any atom is -0.378 e. The van der Waals surface area contributed by atoms with Crippen LogP contribution >= 0.6 is 0 Å². The summed E-state index contributed by atoms with van der Waals surface area (Å²) < 4.78 is 6.07. The maximum atomic E-state index is 6.07. The van der Waals surface area contributed by atoms with Gasteiger partial charge in [-0.1, -0.05) is 19.4 Å². The Morgan fingerprint density at radius 2 is 1.16 bits per heavy atom. The van der Waals surface area contributed by atoms with E-state index in [-0.39, 0.29) is 0 Å². The molecule has 3 aliphatic rings. The second-order valence-corrected chi connectivity index (χ2v) is 9.35. The van der Waals surface area contributed by atoms with E-state index in [1.54, 1.807) is 0 Å². The number of rotatable bonds is 7. The molecular formula is C24H42O. The second-order valence-electron chi connectivity index (χ2n) is 9.35. The summed E-state index contributed by atoms with van der Waals surface area (Å²) in [4.78, 5) is 0. The van der Waals surface area contributed by atoms with E-state index in [0.29, 0.717) is 6.10 Å². The first-order chi connectivity index (χ1) is 12.3. The van der Waals surface area contributed by atoms with Crippen LogP contribution in [0.2, 0.25) is 0 Å². The molecule has 3 aliphatic carbocycles. The Morgan fingerprint density at radius 1 is 0.720 bits per heavy atom. The van der Waals surface area contributed by atoms with Crippen molar-refractivity contribution in [3.63, 3.8) is 0 Å². The molecule has 0 radical (unpaired) electrons. The van der Waals surface area contributed by atoms with Gasteiger partial charge in [0.25, 0.3) is 0 Å². The Labute approximate surface area is 157 Å². The van der Waals surface area contributed by atoms with Gasteiger partial charge in [-0.15, -0.1) is 6.58 Å². The third-order valence-electron chi connectivity index (χ3n) is 7.87. The molecule has 0 heterocycles. The first-order valence-corrected chi connectivity index (χ1v) is 11.5. The number of allylic oxidation sites excluding steroid dienone is 1. The van der Waals surface area contributed by atoms with Crippen LogP contribution in [-0.2, 0) is 4.74 Å². The predicted octanol–water partition coefficient (Wildman–Crippen LogP) is 7.16. The lowest BCUT2D eigenvalue weighted by Crippen LogP contribution is -2.31. The molecule has 0 spiro atoms. The van der Waals surface area contributed by atoms with Crippen LogP contribution in [-0.4, -0.2) is 12.7 Å². The molecule has 0 saturated heterocycles. The van der Waals surface area contributed by atoms with Crippen molar-refractivity contribution in [3.8, 4) is 0 Å². The molecule has 0 aromatic carbocycles. The zero-order chi connectivity index (χ0) is 17.5. The molecule has 1 heteroatoms. The van der Waals surface area contributed by atoms with Crippen molar-refractivity contribution < 1.29 is 4.74 Å². The lowest BCUT2D eigenvalue weighted by molar-refractivity contribution is 0.00437. The summed E-state index contributed by atoms with van der Waals surface area (Å²) in [6, 6.07) is 0. The van der Waals surface area contributed by atoms with E-state index < -0.39 is 0 Å². The van der Waals surface area contributed by atoms with Gasteiger partial charge in [0.2, 0.25) is 0 Å². The largest absolute Gasteiger partial charge is 0.378 e. The van der Waals surface area contributed by atoms with Gasteiger partial charge in [-0.3, -0.25) is 0 Å². The highest BCUT2D eigenvalue weighted by Crippen LogP contribution is 2.45. The molecule has 3 fully saturated rings. The monoisotopic (exact) mass is 346 g/mol. The Bertz CT molecular complexity index is 366. The van der Waals surface area contributed by atoms with Crippen molar-refractivity contribution in [1.82, 2.24) is 0 Å². The van der Waals surface area contributed by atoms with Crippen LogP contribution in [0.25, 0.3) is 0 Å². The molecular weight excluding hydrogens is 304 g/mol. The number of hydrogen-bond donors (Lipinski definition) is 0. The van der Waals surface area contributed by atoms with Gasteiger partial charge in [-0.25, -0.2) is 0 Å². The highest BCUT2D eigenvalue weighted by atomic mass is 16.5. The first kappa shape index (κ1) is 19.5. The highest BCUT2D eigenvalue weighted by molar-refractivity contribution is 4.89. The summed E-state index contributed by atoms with van der Waals surface area (Å²) in [5.41, 5.74) is 0. The summed E-state index contributed by atoms with van der Waals surface area (Å²) in [5, 5.41) is 0. The molecule has 0 aromatic heterocycles. The molecule has 3 rings (SSSR count). The maximum Gasteiger partial charge on any atom is 0.0575 e. The Morgan fingerprint density at radius 3 is 1.60 bits per heavy atom. The van der Waals surface area contributed by atoms with Crippen LogP contribution in [0.3, 0.4) is 0 Å². The zero-order valence-corrected chi connectivity index (χ0v) is 16.8. The SMILES string of the molecule is C=CC1CCC(C2CCC(C3CCC(OCCCC)CC3)CC2)CC1. The van der Waals surface area contributed by atoms with Gasteiger partial charge in [-0.2, -0.15) is 0 Å². The smallest absolute Gasteiger partial charge is 0.0575 e. The fourth-order valence-electron chi connectivity index (χ4n) is 6.06. The molecule has 0 atom stereocenters. The molecule has 0 unspecified atom stereocenters. The zero-order valence-electron chi connectivity index (χ0n) is 16.8. The quantitative estimate of drug-likeness (QED) is 0.351. The van der Waals surface area contributed by atoms with Crippen LogP contribution in [0, 0.1) is 29.6 Å². The number of hydrogen-bond acceptors (Lipinski definition) is 1. The molecule has 0 aromatic rings. The summed E-state index contributed by atoms with van der Waals surface area (Å²) in [5.74, 6) is 4.97. The molecule has 1 nitrogen and oxygen atoms in total. The minimum absolute atomic E-state index is 0.583. The average Bonchev–Trinajstić information content (AvgIpc) is 2.69. The van der Waals surface area contributed by atoms with Gasteiger partial charge in [0, 0.05) is 6.61 Å². The summed E-state index contributed by atoms with van der Waals surface area (Å²) in [6.07, 6.45) is 22.7. The van der Waals surface area contributed by atoms with Crippen molar-refractivity contribution in [2.45, 2.75) is 103 Å². The average molecular weight is 347 g/mol. The van der Waals surface area contributed by atoms with E-state index in [1.165, 1.54) is 89.9 Å².